The number of halogens is 2. The van der Waals surface area contributed by atoms with E-state index in [2.05, 4.69) is 5.16 Å². The van der Waals surface area contributed by atoms with Gasteiger partial charge in [-0.15, -0.1) is 0 Å². The van der Waals surface area contributed by atoms with Gasteiger partial charge in [-0.3, -0.25) is 4.79 Å². The van der Waals surface area contributed by atoms with E-state index >= 15 is 0 Å². The van der Waals surface area contributed by atoms with Crippen molar-refractivity contribution in [1.29, 1.82) is 0 Å². The van der Waals surface area contributed by atoms with Crippen molar-refractivity contribution >= 4 is 40.5 Å². The van der Waals surface area contributed by atoms with Crippen LogP contribution in [0.4, 0.5) is 5.69 Å². The minimum atomic E-state index is -0.357. The van der Waals surface area contributed by atoms with Gasteiger partial charge in [-0.25, -0.2) is 0 Å². The van der Waals surface area contributed by atoms with E-state index in [1.807, 2.05) is 6.07 Å². The van der Waals surface area contributed by atoms with Crippen LogP contribution in [0.3, 0.4) is 0 Å². The monoisotopic (exact) mass is 320 g/mol. The maximum atomic E-state index is 12.3. The van der Waals surface area contributed by atoms with Gasteiger partial charge in [0.05, 0.1) is 12.2 Å². The summed E-state index contributed by atoms with van der Waals surface area (Å²) < 4.78 is 0. The van der Waals surface area contributed by atoms with Crippen molar-refractivity contribution in [1.82, 2.24) is 0 Å². The predicted molar refractivity (Wildman–Crippen MR) is 82.4 cm³/mol. The van der Waals surface area contributed by atoms with Gasteiger partial charge < -0.3 is 10.1 Å². The molecule has 1 aliphatic heterocycles. The van der Waals surface area contributed by atoms with Crippen LogP contribution in [0.25, 0.3) is 0 Å². The minimum Gasteiger partial charge on any atom is -0.410 e. The number of fused-ring (bicyclic) bond motifs is 1. The summed E-state index contributed by atoms with van der Waals surface area (Å²) in [4.78, 5) is 13.9. The molecule has 0 fully saturated rings. The number of nitrogens with zero attached hydrogens (tertiary/aromatic N) is 2. The lowest BCUT2D eigenvalue weighted by Crippen LogP contribution is -2.29. The molecule has 106 valence electrons. The molecule has 0 unspecified atom stereocenters. The number of anilines is 1. The van der Waals surface area contributed by atoms with Gasteiger partial charge in [0, 0.05) is 15.6 Å². The summed E-state index contributed by atoms with van der Waals surface area (Å²) in [5.74, 6) is -0.357. The van der Waals surface area contributed by atoms with E-state index in [4.69, 9.17) is 28.4 Å². The number of para-hydroxylation sites is 1. The van der Waals surface area contributed by atoms with Gasteiger partial charge in [0.2, 0.25) is 0 Å². The smallest absolute Gasteiger partial charge is 0.281 e. The zero-order valence-electron chi connectivity index (χ0n) is 10.8. The van der Waals surface area contributed by atoms with E-state index in [0.717, 1.165) is 5.56 Å². The molecule has 0 aliphatic carbocycles. The minimum absolute atomic E-state index is 0.0377. The molecule has 21 heavy (non-hydrogen) atoms. The molecule has 0 saturated heterocycles. The van der Waals surface area contributed by atoms with Gasteiger partial charge in [-0.2, -0.15) is 0 Å². The molecule has 2 aromatic carbocycles. The Morgan fingerprint density at radius 3 is 2.62 bits per heavy atom. The average Bonchev–Trinajstić information content (AvgIpc) is 2.74. The van der Waals surface area contributed by atoms with Crippen LogP contribution in [0.5, 0.6) is 0 Å². The number of hydrogen-bond donors (Lipinski definition) is 1. The second kappa shape index (κ2) is 5.39. The van der Waals surface area contributed by atoms with E-state index < -0.39 is 0 Å². The highest BCUT2D eigenvalue weighted by atomic mass is 35.5. The molecule has 2 aromatic rings. The first-order chi connectivity index (χ1) is 10.1. The van der Waals surface area contributed by atoms with Gasteiger partial charge in [0.25, 0.3) is 5.91 Å². The molecular weight excluding hydrogens is 311 g/mol. The van der Waals surface area contributed by atoms with Crippen LogP contribution in [0.2, 0.25) is 10.0 Å². The Balaban J connectivity index is 2.01. The molecule has 1 aliphatic rings. The topological polar surface area (TPSA) is 52.9 Å². The summed E-state index contributed by atoms with van der Waals surface area (Å²) in [6.45, 7) is 0.283. The van der Waals surface area contributed by atoms with Crippen LogP contribution < -0.4 is 4.90 Å². The number of oxime groups is 1. The summed E-state index contributed by atoms with van der Waals surface area (Å²) in [5.41, 5.74) is 2.11. The first kappa shape index (κ1) is 13.9. The van der Waals surface area contributed by atoms with Crippen molar-refractivity contribution in [3.05, 3.63) is 63.6 Å². The van der Waals surface area contributed by atoms with Crippen LogP contribution in [-0.2, 0) is 11.3 Å². The van der Waals surface area contributed by atoms with Gasteiger partial charge in [-0.1, -0.05) is 52.6 Å². The Morgan fingerprint density at radius 1 is 1.14 bits per heavy atom. The zero-order valence-corrected chi connectivity index (χ0v) is 12.3. The molecule has 0 bridgehead atoms. The summed E-state index contributed by atoms with van der Waals surface area (Å²) in [6, 6.07) is 12.3. The fourth-order valence-corrected chi connectivity index (χ4v) is 2.80. The largest absolute Gasteiger partial charge is 0.410 e. The number of carbonyl (C=O) groups excluding carboxylic acids is 1. The highest BCUT2D eigenvalue weighted by Crippen LogP contribution is 2.32. The van der Waals surface area contributed by atoms with Crippen molar-refractivity contribution in [2.75, 3.05) is 4.90 Å². The lowest BCUT2D eigenvalue weighted by molar-refractivity contribution is -0.112. The highest BCUT2D eigenvalue weighted by molar-refractivity contribution is 6.54. The quantitative estimate of drug-likeness (QED) is 0.677. The molecule has 0 spiro atoms. The molecule has 0 radical (unpaired) electrons. The Kier molecular flexibility index (Phi) is 3.57. The van der Waals surface area contributed by atoms with Crippen molar-refractivity contribution in [2.24, 2.45) is 5.16 Å². The molecule has 1 amide bonds. The van der Waals surface area contributed by atoms with E-state index in [1.165, 1.54) is 4.90 Å². The number of hydrogen-bond acceptors (Lipinski definition) is 3. The third-order valence-corrected chi connectivity index (χ3v) is 3.93. The van der Waals surface area contributed by atoms with Crippen molar-refractivity contribution in [3.63, 3.8) is 0 Å². The molecule has 4 nitrogen and oxygen atoms in total. The van der Waals surface area contributed by atoms with Crippen LogP contribution >= 0.6 is 23.2 Å². The lowest BCUT2D eigenvalue weighted by Gasteiger charge is -2.17. The Morgan fingerprint density at radius 2 is 1.90 bits per heavy atom. The van der Waals surface area contributed by atoms with E-state index in [1.54, 1.807) is 36.4 Å². The number of rotatable bonds is 2. The second-order valence-electron chi connectivity index (χ2n) is 4.59. The van der Waals surface area contributed by atoms with Gasteiger partial charge >= 0.3 is 0 Å². The van der Waals surface area contributed by atoms with Gasteiger partial charge in [0.15, 0.2) is 5.71 Å². The second-order valence-corrected chi connectivity index (χ2v) is 5.44. The number of amides is 1. The normalized spacial score (nSPS) is 15.6. The Hall–Kier alpha value is -2.04. The predicted octanol–water partition coefficient (Wildman–Crippen LogP) is 3.72. The maximum Gasteiger partial charge on any atom is 0.281 e. The molecule has 1 N–H and O–H groups in total. The van der Waals surface area contributed by atoms with Crippen molar-refractivity contribution < 1.29 is 10.0 Å². The standard InChI is InChI=1S/C15H10Cl2N2O2/c16-10-6-5-9(12(17)7-10)8-19-13-4-2-1-3-11(13)14(18-21)15(19)20/h1-7,21H,8H2/b18-14-. The van der Waals surface area contributed by atoms with Gasteiger partial charge in [0.1, 0.15) is 0 Å². The van der Waals surface area contributed by atoms with Crippen LogP contribution in [-0.4, -0.2) is 16.8 Å². The van der Waals surface area contributed by atoms with E-state index in [0.29, 0.717) is 21.3 Å². The van der Waals surface area contributed by atoms with E-state index in [9.17, 15) is 4.79 Å². The third kappa shape index (κ3) is 2.37. The molecular formula is C15H10Cl2N2O2. The first-order valence-electron chi connectivity index (χ1n) is 6.19. The molecule has 0 atom stereocenters. The fourth-order valence-electron chi connectivity index (χ4n) is 2.34. The van der Waals surface area contributed by atoms with Crippen LogP contribution in [0, 0.1) is 0 Å². The third-order valence-electron chi connectivity index (χ3n) is 3.34. The zero-order chi connectivity index (χ0) is 15.0. The highest BCUT2D eigenvalue weighted by Gasteiger charge is 2.34. The van der Waals surface area contributed by atoms with Crippen molar-refractivity contribution in [3.8, 4) is 0 Å². The summed E-state index contributed by atoms with van der Waals surface area (Å²) in [6.07, 6.45) is 0. The molecule has 3 rings (SSSR count). The maximum absolute atomic E-state index is 12.3. The number of carbonyl (C=O) groups is 1. The first-order valence-corrected chi connectivity index (χ1v) is 6.94. The molecule has 0 saturated carbocycles. The Labute approximate surface area is 131 Å². The fraction of sp³-hybridized carbons (Fsp3) is 0.0667. The average molecular weight is 321 g/mol. The van der Waals surface area contributed by atoms with Gasteiger partial charge in [-0.05, 0) is 23.8 Å². The molecule has 6 heteroatoms. The SMILES string of the molecule is O=C1/C(=N\O)c2ccccc2N1Cc1ccc(Cl)cc1Cl. The summed E-state index contributed by atoms with van der Waals surface area (Å²) in [7, 11) is 0. The summed E-state index contributed by atoms with van der Waals surface area (Å²) >= 11 is 12.0. The Bertz CT molecular complexity index is 759. The number of benzene rings is 2. The van der Waals surface area contributed by atoms with Crippen molar-refractivity contribution in [2.45, 2.75) is 6.54 Å². The molecule has 1 heterocycles. The van der Waals surface area contributed by atoms with Crippen LogP contribution in [0.1, 0.15) is 11.1 Å². The lowest BCUT2D eigenvalue weighted by atomic mass is 10.1. The van der Waals surface area contributed by atoms with Crippen LogP contribution in [0.15, 0.2) is 47.6 Å². The molecule has 0 aromatic heterocycles. The van der Waals surface area contributed by atoms with E-state index in [-0.39, 0.29) is 18.2 Å². The summed E-state index contributed by atoms with van der Waals surface area (Å²) in [5, 5.41) is 13.2.